The first kappa shape index (κ1) is 18.3. The Morgan fingerprint density at radius 3 is 2.25 bits per heavy atom. The van der Waals surface area contributed by atoms with E-state index < -0.39 is 5.54 Å². The van der Waals surface area contributed by atoms with Crippen LogP contribution in [-0.2, 0) is 15.1 Å². The fourth-order valence-corrected chi connectivity index (χ4v) is 3.21. The van der Waals surface area contributed by atoms with Gasteiger partial charge < -0.3 is 9.47 Å². The van der Waals surface area contributed by atoms with E-state index in [0.717, 1.165) is 35.2 Å². The number of ether oxygens (including phenoxy) is 2. The van der Waals surface area contributed by atoms with E-state index in [4.69, 9.17) is 9.47 Å². The predicted octanol–water partition coefficient (Wildman–Crippen LogP) is 3.97. The minimum absolute atomic E-state index is 0.207. The number of hydrogen-bond donors (Lipinski definition) is 0. The van der Waals surface area contributed by atoms with E-state index >= 15 is 0 Å². The van der Waals surface area contributed by atoms with Gasteiger partial charge in [-0.05, 0) is 61.5 Å². The van der Waals surface area contributed by atoms with Crippen LogP contribution in [-0.4, -0.2) is 37.7 Å². The average molecular weight is 329 g/mol. The molecule has 0 N–H and O–H groups in total. The molecule has 4 heteroatoms. The van der Waals surface area contributed by atoms with Crippen LogP contribution in [0, 0.1) is 0 Å². The van der Waals surface area contributed by atoms with Crippen molar-refractivity contribution in [1.29, 1.82) is 0 Å². The van der Waals surface area contributed by atoms with Crippen LogP contribution in [0.15, 0.2) is 36.4 Å². The summed E-state index contributed by atoms with van der Waals surface area (Å²) in [6.45, 7) is 9.83. The first-order chi connectivity index (χ1) is 11.5. The second-order valence-corrected chi connectivity index (χ2v) is 5.89. The van der Waals surface area contributed by atoms with Crippen molar-refractivity contribution in [3.63, 3.8) is 0 Å². The first-order valence-electron chi connectivity index (χ1n) is 8.51. The zero-order valence-corrected chi connectivity index (χ0v) is 15.3. The van der Waals surface area contributed by atoms with Crippen LogP contribution in [0.5, 0.6) is 5.75 Å². The molecule has 0 heterocycles. The molecule has 0 aliphatic rings. The van der Waals surface area contributed by atoms with Crippen LogP contribution >= 0.6 is 0 Å². The molecule has 0 amide bonds. The third-order valence-electron chi connectivity index (χ3n) is 4.68. The van der Waals surface area contributed by atoms with Crippen molar-refractivity contribution in [3.05, 3.63) is 42.0 Å². The van der Waals surface area contributed by atoms with Crippen LogP contribution in [0.4, 0.5) is 0 Å². The lowest BCUT2D eigenvalue weighted by Gasteiger charge is -2.38. The number of carbonyl (C=O) groups excluding carboxylic acids is 1. The van der Waals surface area contributed by atoms with Gasteiger partial charge in [-0.3, -0.25) is 4.90 Å². The number of likely N-dealkylation sites (N-methyl/N-ethyl adjacent to an activating group) is 1. The van der Waals surface area contributed by atoms with E-state index in [9.17, 15) is 4.79 Å². The maximum atomic E-state index is 12.8. The van der Waals surface area contributed by atoms with Gasteiger partial charge in [0.05, 0.1) is 13.7 Å². The van der Waals surface area contributed by atoms with Crippen molar-refractivity contribution in [1.82, 2.24) is 4.90 Å². The number of benzene rings is 2. The third-order valence-corrected chi connectivity index (χ3v) is 4.68. The van der Waals surface area contributed by atoms with Gasteiger partial charge in [0.25, 0.3) is 0 Å². The van der Waals surface area contributed by atoms with E-state index in [1.54, 1.807) is 7.11 Å². The molecule has 24 heavy (non-hydrogen) atoms. The van der Waals surface area contributed by atoms with Crippen molar-refractivity contribution in [3.8, 4) is 5.75 Å². The molecule has 2 aromatic carbocycles. The largest absolute Gasteiger partial charge is 0.497 e. The highest BCUT2D eigenvalue weighted by Crippen LogP contribution is 2.33. The number of fused-ring (bicyclic) bond motifs is 1. The molecule has 0 radical (unpaired) electrons. The summed E-state index contributed by atoms with van der Waals surface area (Å²) in [6, 6.07) is 12.1. The van der Waals surface area contributed by atoms with E-state index in [2.05, 4.69) is 24.8 Å². The third kappa shape index (κ3) is 3.24. The Bertz CT molecular complexity index is 709. The summed E-state index contributed by atoms with van der Waals surface area (Å²) in [5.74, 6) is 0.619. The zero-order chi connectivity index (χ0) is 17.7. The van der Waals surface area contributed by atoms with Crippen LogP contribution in [0.25, 0.3) is 10.8 Å². The Morgan fingerprint density at radius 1 is 1.04 bits per heavy atom. The van der Waals surface area contributed by atoms with Crippen LogP contribution < -0.4 is 4.74 Å². The minimum Gasteiger partial charge on any atom is -0.497 e. The molecule has 0 fully saturated rings. The summed E-state index contributed by atoms with van der Waals surface area (Å²) in [4.78, 5) is 14.9. The van der Waals surface area contributed by atoms with Gasteiger partial charge in [-0.25, -0.2) is 4.79 Å². The molecule has 130 valence electrons. The summed E-state index contributed by atoms with van der Waals surface area (Å²) in [6.07, 6.45) is 0. The van der Waals surface area contributed by atoms with Gasteiger partial charge in [0, 0.05) is 0 Å². The molecule has 0 aromatic heterocycles. The number of carbonyl (C=O) groups is 1. The Labute approximate surface area is 144 Å². The lowest BCUT2D eigenvalue weighted by atomic mass is 9.88. The van der Waals surface area contributed by atoms with Gasteiger partial charge in [-0.15, -0.1) is 0 Å². The predicted molar refractivity (Wildman–Crippen MR) is 97.4 cm³/mol. The molecule has 1 atom stereocenters. The van der Waals surface area contributed by atoms with Crippen molar-refractivity contribution in [2.24, 2.45) is 0 Å². The van der Waals surface area contributed by atoms with E-state index in [1.165, 1.54) is 0 Å². The van der Waals surface area contributed by atoms with Gasteiger partial charge in [0.2, 0.25) is 0 Å². The molecule has 0 bridgehead atoms. The van der Waals surface area contributed by atoms with Gasteiger partial charge in [-0.2, -0.15) is 0 Å². The fourth-order valence-electron chi connectivity index (χ4n) is 3.21. The summed E-state index contributed by atoms with van der Waals surface area (Å²) in [5, 5.41) is 2.17. The van der Waals surface area contributed by atoms with Crippen LogP contribution in [0.2, 0.25) is 0 Å². The maximum absolute atomic E-state index is 12.8. The van der Waals surface area contributed by atoms with Gasteiger partial charge in [0.15, 0.2) is 0 Å². The number of esters is 1. The molecule has 2 aromatic rings. The molecule has 0 spiro atoms. The van der Waals surface area contributed by atoms with Crippen molar-refractivity contribution < 1.29 is 14.3 Å². The molecule has 0 saturated carbocycles. The lowest BCUT2D eigenvalue weighted by Crippen LogP contribution is -2.50. The highest BCUT2D eigenvalue weighted by molar-refractivity contribution is 5.88. The average Bonchev–Trinajstić information content (AvgIpc) is 2.61. The number of nitrogens with zero attached hydrogens (tertiary/aromatic N) is 1. The van der Waals surface area contributed by atoms with E-state index in [1.807, 2.05) is 44.2 Å². The number of rotatable bonds is 7. The first-order valence-corrected chi connectivity index (χ1v) is 8.51. The molecular formula is C20H27NO3. The van der Waals surface area contributed by atoms with Crippen LogP contribution in [0.3, 0.4) is 0 Å². The number of methoxy groups -OCH3 is 1. The smallest absolute Gasteiger partial charge is 0.330 e. The topological polar surface area (TPSA) is 38.8 Å². The molecule has 0 aliphatic heterocycles. The van der Waals surface area contributed by atoms with Crippen molar-refractivity contribution in [2.45, 2.75) is 33.2 Å². The van der Waals surface area contributed by atoms with E-state index in [-0.39, 0.29) is 5.97 Å². The molecule has 4 nitrogen and oxygen atoms in total. The van der Waals surface area contributed by atoms with E-state index in [0.29, 0.717) is 6.61 Å². The summed E-state index contributed by atoms with van der Waals surface area (Å²) in [5.41, 5.74) is 0.149. The minimum atomic E-state index is -0.798. The summed E-state index contributed by atoms with van der Waals surface area (Å²) < 4.78 is 10.7. The lowest BCUT2D eigenvalue weighted by molar-refractivity contribution is -0.157. The number of hydrogen-bond acceptors (Lipinski definition) is 4. The van der Waals surface area contributed by atoms with Gasteiger partial charge in [0.1, 0.15) is 11.3 Å². The monoisotopic (exact) mass is 329 g/mol. The summed E-state index contributed by atoms with van der Waals surface area (Å²) >= 11 is 0. The Balaban J connectivity index is 2.56. The fraction of sp³-hybridized carbons (Fsp3) is 0.450. The zero-order valence-electron chi connectivity index (χ0n) is 15.3. The molecule has 2 rings (SSSR count). The molecule has 1 unspecified atom stereocenters. The SMILES string of the molecule is CCOC(=O)C(C)(c1ccc2cc(OC)ccc2c1)N(CC)CC. The highest BCUT2D eigenvalue weighted by atomic mass is 16.5. The normalized spacial score (nSPS) is 13.8. The Morgan fingerprint density at radius 2 is 1.67 bits per heavy atom. The molecule has 0 aliphatic carbocycles. The van der Waals surface area contributed by atoms with Crippen LogP contribution in [0.1, 0.15) is 33.3 Å². The molecular weight excluding hydrogens is 302 g/mol. The Kier molecular flexibility index (Phi) is 5.84. The van der Waals surface area contributed by atoms with Gasteiger partial charge in [-0.1, -0.05) is 32.0 Å². The molecule has 0 saturated heterocycles. The second kappa shape index (κ2) is 7.67. The Hall–Kier alpha value is -2.07. The highest BCUT2D eigenvalue weighted by Gasteiger charge is 2.41. The van der Waals surface area contributed by atoms with Crippen molar-refractivity contribution in [2.75, 3.05) is 26.8 Å². The second-order valence-electron chi connectivity index (χ2n) is 5.89. The summed E-state index contributed by atoms with van der Waals surface area (Å²) in [7, 11) is 1.66. The maximum Gasteiger partial charge on any atom is 0.330 e. The van der Waals surface area contributed by atoms with Crippen molar-refractivity contribution >= 4 is 16.7 Å². The van der Waals surface area contributed by atoms with Gasteiger partial charge >= 0.3 is 5.97 Å². The quantitative estimate of drug-likeness (QED) is 0.721. The standard InChI is InChI=1S/C20H27NO3/c1-6-21(7-2)20(4,19(22)24-8-3)17-11-9-16-14-18(23-5)12-10-15(16)13-17/h9-14H,6-8H2,1-5H3.